The Bertz CT molecular complexity index is 697. The van der Waals surface area contributed by atoms with Gasteiger partial charge in [-0.05, 0) is 52.3 Å². The minimum Gasteiger partial charge on any atom is -0.486 e. The van der Waals surface area contributed by atoms with Crippen LogP contribution < -0.4 is 9.47 Å². The van der Waals surface area contributed by atoms with Crippen LogP contribution in [0.2, 0.25) is 0 Å². The van der Waals surface area contributed by atoms with Crippen molar-refractivity contribution in [1.29, 1.82) is 5.26 Å². The van der Waals surface area contributed by atoms with E-state index in [9.17, 15) is 0 Å². The summed E-state index contributed by atoms with van der Waals surface area (Å²) in [5.74, 6) is 1.57. The van der Waals surface area contributed by atoms with Gasteiger partial charge in [0.05, 0.1) is 11.6 Å². The van der Waals surface area contributed by atoms with Crippen LogP contribution in [-0.4, -0.2) is 13.2 Å². The number of halogens is 1. The van der Waals surface area contributed by atoms with Gasteiger partial charge in [0.2, 0.25) is 0 Å². The van der Waals surface area contributed by atoms with Crippen LogP contribution in [0.1, 0.15) is 5.56 Å². The van der Waals surface area contributed by atoms with Gasteiger partial charge in [0.25, 0.3) is 0 Å². The highest BCUT2D eigenvalue weighted by Crippen LogP contribution is 2.39. The molecule has 100 valence electrons. The Kier molecular flexibility index (Phi) is 3.86. The molecule has 0 unspecified atom stereocenters. The number of benzene rings is 2. The van der Waals surface area contributed by atoms with E-state index in [1.165, 1.54) is 0 Å². The zero-order chi connectivity index (χ0) is 13.9. The van der Waals surface area contributed by atoms with E-state index < -0.39 is 0 Å². The molecule has 2 aromatic carbocycles. The molecule has 0 atom stereocenters. The van der Waals surface area contributed by atoms with Gasteiger partial charge in [-0.1, -0.05) is 11.8 Å². The lowest BCUT2D eigenvalue weighted by molar-refractivity contribution is 0.171. The van der Waals surface area contributed by atoms with Crippen LogP contribution in [0.4, 0.5) is 0 Å². The van der Waals surface area contributed by atoms with Crippen LogP contribution >= 0.6 is 27.7 Å². The molecule has 1 aliphatic rings. The predicted molar refractivity (Wildman–Crippen MR) is 80.4 cm³/mol. The summed E-state index contributed by atoms with van der Waals surface area (Å²) < 4.78 is 12.0. The molecule has 0 saturated carbocycles. The Morgan fingerprint density at radius 2 is 1.85 bits per heavy atom. The number of rotatable bonds is 2. The van der Waals surface area contributed by atoms with Gasteiger partial charge in [-0.25, -0.2) is 0 Å². The molecular formula is C15H10BrNO2S. The predicted octanol–water partition coefficient (Wildman–Crippen LogP) is 4.24. The third-order valence-corrected chi connectivity index (χ3v) is 4.79. The van der Waals surface area contributed by atoms with Gasteiger partial charge in [-0.2, -0.15) is 5.26 Å². The topological polar surface area (TPSA) is 42.2 Å². The molecule has 5 heteroatoms. The van der Waals surface area contributed by atoms with E-state index in [4.69, 9.17) is 14.7 Å². The van der Waals surface area contributed by atoms with E-state index in [1.807, 2.05) is 36.4 Å². The second kappa shape index (κ2) is 5.78. The quantitative estimate of drug-likeness (QED) is 0.814. The summed E-state index contributed by atoms with van der Waals surface area (Å²) in [4.78, 5) is 2.13. The smallest absolute Gasteiger partial charge is 0.162 e. The summed E-state index contributed by atoms with van der Waals surface area (Å²) in [5.41, 5.74) is 0.642. The largest absolute Gasteiger partial charge is 0.486 e. The summed E-state index contributed by atoms with van der Waals surface area (Å²) >= 11 is 5.11. The first-order valence-corrected chi connectivity index (χ1v) is 7.64. The van der Waals surface area contributed by atoms with E-state index in [0.29, 0.717) is 18.8 Å². The first kappa shape index (κ1) is 13.3. The summed E-state index contributed by atoms with van der Waals surface area (Å²) in [7, 11) is 0. The third kappa shape index (κ3) is 2.77. The summed E-state index contributed by atoms with van der Waals surface area (Å²) in [5, 5.41) is 8.87. The van der Waals surface area contributed by atoms with Gasteiger partial charge >= 0.3 is 0 Å². The lowest BCUT2D eigenvalue weighted by Crippen LogP contribution is -2.15. The van der Waals surface area contributed by atoms with Crippen LogP contribution in [0.3, 0.4) is 0 Å². The summed E-state index contributed by atoms with van der Waals surface area (Å²) in [6.45, 7) is 1.18. The lowest BCUT2D eigenvalue weighted by Gasteiger charge is -2.18. The van der Waals surface area contributed by atoms with Crippen molar-refractivity contribution < 1.29 is 9.47 Å². The van der Waals surface area contributed by atoms with Crippen LogP contribution in [0, 0.1) is 11.3 Å². The monoisotopic (exact) mass is 347 g/mol. The first-order valence-electron chi connectivity index (χ1n) is 6.03. The molecule has 0 radical (unpaired) electrons. The molecule has 0 spiro atoms. The maximum absolute atomic E-state index is 8.87. The van der Waals surface area contributed by atoms with E-state index >= 15 is 0 Å². The molecule has 1 aliphatic heterocycles. The Morgan fingerprint density at radius 3 is 2.60 bits per heavy atom. The minimum atomic E-state index is 0.585. The molecule has 3 rings (SSSR count). The van der Waals surface area contributed by atoms with Crippen molar-refractivity contribution >= 4 is 27.7 Å². The van der Waals surface area contributed by atoms with Crippen molar-refractivity contribution in [2.24, 2.45) is 0 Å². The number of nitrogens with zero attached hydrogens (tertiary/aromatic N) is 1. The Morgan fingerprint density at radius 1 is 1.05 bits per heavy atom. The fraction of sp³-hybridized carbons (Fsp3) is 0.133. The van der Waals surface area contributed by atoms with Crippen LogP contribution in [0.5, 0.6) is 11.5 Å². The van der Waals surface area contributed by atoms with E-state index in [2.05, 4.69) is 22.0 Å². The van der Waals surface area contributed by atoms with Crippen molar-refractivity contribution in [3.8, 4) is 17.6 Å². The highest BCUT2D eigenvalue weighted by Gasteiger charge is 2.12. The molecule has 3 nitrogen and oxygen atoms in total. The van der Waals surface area contributed by atoms with Crippen LogP contribution in [-0.2, 0) is 0 Å². The molecule has 1 heterocycles. The van der Waals surface area contributed by atoms with Gasteiger partial charge in [0.1, 0.15) is 13.2 Å². The minimum absolute atomic E-state index is 0.585. The number of hydrogen-bond acceptors (Lipinski definition) is 4. The normalized spacial score (nSPS) is 12.8. The maximum Gasteiger partial charge on any atom is 0.162 e. The molecule has 0 bridgehead atoms. The maximum atomic E-state index is 8.87. The fourth-order valence-electron chi connectivity index (χ4n) is 1.87. The lowest BCUT2D eigenvalue weighted by atomic mass is 10.2. The number of ether oxygens (including phenoxy) is 2. The van der Waals surface area contributed by atoms with Gasteiger partial charge < -0.3 is 9.47 Å². The molecule has 0 amide bonds. The number of hydrogen-bond donors (Lipinski definition) is 0. The molecule has 0 N–H and O–H groups in total. The third-order valence-electron chi connectivity index (χ3n) is 2.80. The Labute approximate surface area is 129 Å². The van der Waals surface area contributed by atoms with Crippen molar-refractivity contribution in [2.45, 2.75) is 9.79 Å². The molecule has 0 aliphatic carbocycles. The van der Waals surface area contributed by atoms with Crippen molar-refractivity contribution in [2.75, 3.05) is 13.2 Å². The Balaban J connectivity index is 1.86. The van der Waals surface area contributed by atoms with Crippen molar-refractivity contribution in [3.63, 3.8) is 0 Å². The second-order valence-electron chi connectivity index (χ2n) is 4.16. The number of fused-ring (bicyclic) bond motifs is 1. The standard InChI is InChI=1S/C15H10BrNO2S/c16-12-7-10(9-17)1-4-15(12)20-11-2-3-13-14(8-11)19-6-5-18-13/h1-4,7-8H,5-6H2. The zero-order valence-corrected chi connectivity index (χ0v) is 12.8. The second-order valence-corrected chi connectivity index (χ2v) is 6.13. The first-order chi connectivity index (χ1) is 9.76. The van der Waals surface area contributed by atoms with E-state index in [0.717, 1.165) is 25.8 Å². The molecule has 2 aromatic rings. The fourth-order valence-corrected chi connectivity index (χ4v) is 3.34. The van der Waals surface area contributed by atoms with Crippen LogP contribution in [0.15, 0.2) is 50.7 Å². The summed E-state index contributed by atoms with van der Waals surface area (Å²) in [6.07, 6.45) is 0. The number of nitriles is 1. The molecule has 0 aromatic heterocycles. The molecule has 20 heavy (non-hydrogen) atoms. The van der Waals surface area contributed by atoms with Crippen molar-refractivity contribution in [3.05, 3.63) is 46.4 Å². The highest BCUT2D eigenvalue weighted by atomic mass is 79.9. The van der Waals surface area contributed by atoms with Crippen molar-refractivity contribution in [1.82, 2.24) is 0 Å². The average molecular weight is 348 g/mol. The SMILES string of the molecule is N#Cc1ccc(Sc2ccc3c(c2)OCCO3)c(Br)c1. The van der Waals surface area contributed by atoms with Gasteiger partial charge in [-0.3, -0.25) is 0 Å². The molecular weight excluding hydrogens is 338 g/mol. The van der Waals surface area contributed by atoms with Crippen LogP contribution in [0.25, 0.3) is 0 Å². The highest BCUT2D eigenvalue weighted by molar-refractivity contribution is 9.10. The van der Waals surface area contributed by atoms with Gasteiger partial charge in [0.15, 0.2) is 11.5 Å². The van der Waals surface area contributed by atoms with E-state index in [1.54, 1.807) is 11.8 Å². The van der Waals surface area contributed by atoms with Gasteiger partial charge in [0, 0.05) is 14.3 Å². The van der Waals surface area contributed by atoms with E-state index in [-0.39, 0.29) is 0 Å². The Hall–Kier alpha value is -1.64. The van der Waals surface area contributed by atoms with Gasteiger partial charge in [-0.15, -0.1) is 0 Å². The molecule has 0 fully saturated rings. The average Bonchev–Trinajstić information content (AvgIpc) is 2.49. The summed E-state index contributed by atoms with van der Waals surface area (Å²) in [6, 6.07) is 13.6. The molecule has 0 saturated heterocycles. The zero-order valence-electron chi connectivity index (χ0n) is 10.4.